The van der Waals surface area contributed by atoms with E-state index in [-0.39, 0.29) is 1.43 Å². The van der Waals surface area contributed by atoms with Gasteiger partial charge < -0.3 is 4.98 Å². The molecule has 4 nitrogen and oxygen atoms in total. The van der Waals surface area contributed by atoms with E-state index < -0.39 is 0 Å². The summed E-state index contributed by atoms with van der Waals surface area (Å²) < 4.78 is 0. The monoisotopic (exact) mass is 176 g/mol. The fraction of sp³-hybridized carbons (Fsp3) is 0.444. The lowest BCUT2D eigenvalue weighted by Gasteiger charge is -1.88. The summed E-state index contributed by atoms with van der Waals surface area (Å²) in [5.74, 6) is 1.88. The fourth-order valence-electron chi connectivity index (χ4n) is 1.49. The van der Waals surface area contributed by atoms with E-state index in [9.17, 15) is 0 Å². The Kier molecular flexibility index (Phi) is 1.36. The Bertz CT molecular complexity index is 402. The van der Waals surface area contributed by atoms with Gasteiger partial charge in [0.05, 0.1) is 0 Å². The number of nitrogens with zero attached hydrogens (tertiary/aromatic N) is 3. The van der Waals surface area contributed by atoms with E-state index in [1.165, 1.54) is 12.8 Å². The third kappa shape index (κ3) is 1.28. The molecule has 0 radical (unpaired) electrons. The molecule has 0 saturated heterocycles. The lowest BCUT2D eigenvalue weighted by molar-refractivity contribution is 0.786. The average molecular weight is 176 g/mol. The summed E-state index contributed by atoms with van der Waals surface area (Å²) in [5, 5.41) is 0. The number of aromatic nitrogens is 4. The van der Waals surface area contributed by atoms with Crippen molar-refractivity contribution in [2.24, 2.45) is 5.92 Å². The molecule has 68 valence electrons. The summed E-state index contributed by atoms with van der Waals surface area (Å²) >= 11 is 0. The van der Waals surface area contributed by atoms with E-state index in [0.717, 1.165) is 29.5 Å². The van der Waals surface area contributed by atoms with E-state index in [1.54, 1.807) is 12.4 Å². The molecule has 0 unspecified atom stereocenters. The van der Waals surface area contributed by atoms with Crippen LogP contribution in [0.15, 0.2) is 12.4 Å². The SMILES string of the molecule is [HH].c1cnc2[nH]c(CC3CC3)nc2n1. The van der Waals surface area contributed by atoms with Gasteiger partial charge in [-0.2, -0.15) is 0 Å². The summed E-state index contributed by atoms with van der Waals surface area (Å²) in [7, 11) is 0. The molecule has 1 N–H and O–H groups in total. The maximum absolute atomic E-state index is 4.36. The van der Waals surface area contributed by atoms with Gasteiger partial charge in [0.1, 0.15) is 5.82 Å². The summed E-state index contributed by atoms with van der Waals surface area (Å²) in [6.45, 7) is 0. The summed E-state index contributed by atoms with van der Waals surface area (Å²) in [5.41, 5.74) is 1.54. The molecule has 1 fully saturated rings. The fourth-order valence-corrected chi connectivity index (χ4v) is 1.49. The van der Waals surface area contributed by atoms with Gasteiger partial charge in [-0.25, -0.2) is 15.0 Å². The van der Waals surface area contributed by atoms with E-state index >= 15 is 0 Å². The van der Waals surface area contributed by atoms with Gasteiger partial charge in [-0.05, 0) is 18.8 Å². The standard InChI is InChI=1S/C9H10N4.H2/c1-2-6(1)5-7-12-8-9(13-7)11-4-3-10-8;/h3-4,6H,1-2,5H2,(H,10,11,12,13);1H. The number of fused-ring (bicyclic) bond motifs is 1. The minimum atomic E-state index is 0. The number of rotatable bonds is 2. The minimum absolute atomic E-state index is 0. The van der Waals surface area contributed by atoms with Crippen molar-refractivity contribution in [2.45, 2.75) is 19.3 Å². The smallest absolute Gasteiger partial charge is 0.197 e. The molecule has 2 heterocycles. The van der Waals surface area contributed by atoms with Crippen LogP contribution in [0.5, 0.6) is 0 Å². The molecule has 13 heavy (non-hydrogen) atoms. The first-order valence-electron chi connectivity index (χ1n) is 4.57. The molecule has 4 heteroatoms. The van der Waals surface area contributed by atoms with Crippen molar-refractivity contribution in [1.82, 2.24) is 19.9 Å². The molecular formula is C9H12N4. The van der Waals surface area contributed by atoms with Crippen molar-refractivity contribution in [3.63, 3.8) is 0 Å². The molecule has 2 aromatic heterocycles. The van der Waals surface area contributed by atoms with Crippen molar-refractivity contribution >= 4 is 11.3 Å². The maximum Gasteiger partial charge on any atom is 0.197 e. The van der Waals surface area contributed by atoms with E-state index in [1.807, 2.05) is 0 Å². The molecule has 3 rings (SSSR count). The molecule has 0 aliphatic heterocycles. The van der Waals surface area contributed by atoms with Crippen molar-refractivity contribution in [1.29, 1.82) is 0 Å². The Morgan fingerprint density at radius 2 is 2.23 bits per heavy atom. The zero-order chi connectivity index (χ0) is 8.67. The van der Waals surface area contributed by atoms with Gasteiger partial charge in [0.15, 0.2) is 11.3 Å². The summed E-state index contributed by atoms with van der Waals surface area (Å²) in [6.07, 6.45) is 7.10. The van der Waals surface area contributed by atoms with Crippen molar-refractivity contribution in [2.75, 3.05) is 0 Å². The van der Waals surface area contributed by atoms with Gasteiger partial charge in [0.2, 0.25) is 0 Å². The van der Waals surface area contributed by atoms with E-state index in [4.69, 9.17) is 0 Å². The van der Waals surface area contributed by atoms with Crippen LogP contribution in [-0.2, 0) is 6.42 Å². The molecule has 2 aromatic rings. The molecular weight excluding hydrogens is 164 g/mol. The number of H-pyrrole nitrogens is 1. The average Bonchev–Trinajstić information content (AvgIpc) is 2.85. The van der Waals surface area contributed by atoms with Crippen molar-refractivity contribution in [3.05, 3.63) is 18.2 Å². The van der Waals surface area contributed by atoms with Gasteiger partial charge in [-0.1, -0.05) is 0 Å². The first-order valence-corrected chi connectivity index (χ1v) is 4.57. The third-order valence-electron chi connectivity index (χ3n) is 2.36. The van der Waals surface area contributed by atoms with Crippen LogP contribution in [0.4, 0.5) is 0 Å². The Morgan fingerprint density at radius 1 is 1.38 bits per heavy atom. The second-order valence-electron chi connectivity index (χ2n) is 3.56. The van der Waals surface area contributed by atoms with E-state index in [2.05, 4.69) is 19.9 Å². The largest absolute Gasteiger partial charge is 0.325 e. The molecule has 1 saturated carbocycles. The second kappa shape index (κ2) is 2.52. The lowest BCUT2D eigenvalue weighted by atomic mass is 10.3. The first kappa shape index (κ1) is 7.00. The number of hydrogen-bond acceptors (Lipinski definition) is 3. The highest BCUT2D eigenvalue weighted by molar-refractivity contribution is 5.64. The molecule has 0 bridgehead atoms. The third-order valence-corrected chi connectivity index (χ3v) is 2.36. The maximum atomic E-state index is 4.36. The van der Waals surface area contributed by atoms with Crippen LogP contribution in [0.25, 0.3) is 11.3 Å². The second-order valence-corrected chi connectivity index (χ2v) is 3.56. The first-order chi connectivity index (χ1) is 6.42. The Balaban J connectivity index is 0.000000750. The molecule has 0 aromatic carbocycles. The summed E-state index contributed by atoms with van der Waals surface area (Å²) in [6, 6.07) is 0. The van der Waals surface area contributed by atoms with Crippen LogP contribution in [0, 0.1) is 5.92 Å². The highest BCUT2D eigenvalue weighted by Crippen LogP contribution is 2.31. The van der Waals surface area contributed by atoms with Gasteiger partial charge >= 0.3 is 0 Å². The quantitative estimate of drug-likeness (QED) is 0.755. The normalized spacial score (nSPS) is 16.6. The number of nitrogens with one attached hydrogen (secondary N) is 1. The molecule has 0 atom stereocenters. The van der Waals surface area contributed by atoms with Crippen LogP contribution in [0.3, 0.4) is 0 Å². The van der Waals surface area contributed by atoms with Crippen LogP contribution in [0.1, 0.15) is 20.1 Å². The molecule has 0 amide bonds. The number of hydrogen-bond donors (Lipinski definition) is 1. The van der Waals surface area contributed by atoms with Crippen molar-refractivity contribution in [3.8, 4) is 0 Å². The minimum Gasteiger partial charge on any atom is -0.325 e. The van der Waals surface area contributed by atoms with Gasteiger partial charge in [0, 0.05) is 20.2 Å². The van der Waals surface area contributed by atoms with Crippen LogP contribution in [-0.4, -0.2) is 19.9 Å². The van der Waals surface area contributed by atoms with E-state index in [0.29, 0.717) is 0 Å². The van der Waals surface area contributed by atoms with Gasteiger partial charge in [0.25, 0.3) is 0 Å². The predicted molar refractivity (Wildman–Crippen MR) is 50.2 cm³/mol. The molecule has 1 aliphatic rings. The Labute approximate surface area is 76.9 Å². The Hall–Kier alpha value is -1.45. The molecule has 1 aliphatic carbocycles. The highest BCUT2D eigenvalue weighted by atomic mass is 15.0. The van der Waals surface area contributed by atoms with Crippen LogP contribution in [0.2, 0.25) is 0 Å². The molecule has 0 spiro atoms. The Morgan fingerprint density at radius 3 is 3.00 bits per heavy atom. The number of aromatic amines is 1. The van der Waals surface area contributed by atoms with Crippen LogP contribution >= 0.6 is 0 Å². The van der Waals surface area contributed by atoms with Crippen molar-refractivity contribution < 1.29 is 1.43 Å². The predicted octanol–water partition coefficient (Wildman–Crippen LogP) is 1.55. The van der Waals surface area contributed by atoms with Crippen LogP contribution < -0.4 is 0 Å². The van der Waals surface area contributed by atoms with Gasteiger partial charge in [-0.15, -0.1) is 0 Å². The lowest BCUT2D eigenvalue weighted by Crippen LogP contribution is -1.88. The highest BCUT2D eigenvalue weighted by Gasteiger charge is 2.23. The zero-order valence-corrected chi connectivity index (χ0v) is 7.20. The zero-order valence-electron chi connectivity index (χ0n) is 7.20. The summed E-state index contributed by atoms with van der Waals surface area (Å²) in [4.78, 5) is 15.8. The number of imidazole rings is 1. The van der Waals surface area contributed by atoms with Gasteiger partial charge in [-0.3, -0.25) is 0 Å². The topological polar surface area (TPSA) is 54.5 Å².